The van der Waals surface area contributed by atoms with Crippen molar-refractivity contribution in [1.29, 1.82) is 0 Å². The van der Waals surface area contributed by atoms with Gasteiger partial charge in [0.25, 0.3) is 5.69 Å². The zero-order chi connectivity index (χ0) is 14.1. The average Bonchev–Trinajstić information content (AvgIpc) is 3.17. The highest BCUT2D eigenvalue weighted by Crippen LogP contribution is 2.39. The molecule has 1 aliphatic carbocycles. The first-order valence-corrected chi connectivity index (χ1v) is 6.99. The van der Waals surface area contributed by atoms with Crippen molar-refractivity contribution in [2.75, 3.05) is 5.32 Å². The molecule has 5 heteroatoms. The Labute approximate surface area is 117 Å². The van der Waals surface area contributed by atoms with Gasteiger partial charge in [-0.3, -0.25) is 15.1 Å². The van der Waals surface area contributed by atoms with Gasteiger partial charge < -0.3 is 5.32 Å². The summed E-state index contributed by atoms with van der Waals surface area (Å²) in [7, 11) is 0. The second kappa shape index (κ2) is 5.07. The van der Waals surface area contributed by atoms with Crippen molar-refractivity contribution in [3.63, 3.8) is 0 Å². The van der Waals surface area contributed by atoms with E-state index in [1.54, 1.807) is 30.5 Å². The third-order valence-electron chi connectivity index (χ3n) is 3.87. The number of nitro benzene ring substituents is 1. The summed E-state index contributed by atoms with van der Waals surface area (Å²) >= 11 is 0. The first-order valence-electron chi connectivity index (χ1n) is 6.99. The Hall–Kier alpha value is -2.17. The van der Waals surface area contributed by atoms with E-state index in [1.807, 2.05) is 0 Å². The molecule has 1 aromatic heterocycles. The molecule has 1 heterocycles. The van der Waals surface area contributed by atoms with Crippen molar-refractivity contribution in [2.45, 2.75) is 32.2 Å². The highest BCUT2D eigenvalue weighted by Gasteiger charge is 2.36. The van der Waals surface area contributed by atoms with Gasteiger partial charge in [0.05, 0.1) is 16.0 Å². The number of hydrogen-bond acceptors (Lipinski definition) is 4. The summed E-state index contributed by atoms with van der Waals surface area (Å²) in [6.07, 6.45) is 5.28. The number of rotatable bonds is 5. The number of nitro groups is 1. The predicted octanol–water partition coefficient (Wildman–Crippen LogP) is 3.74. The van der Waals surface area contributed by atoms with E-state index in [2.05, 4.69) is 17.2 Å². The van der Waals surface area contributed by atoms with Crippen LogP contribution >= 0.6 is 0 Å². The van der Waals surface area contributed by atoms with Crippen LogP contribution in [0.2, 0.25) is 0 Å². The monoisotopic (exact) mass is 271 g/mol. The molecule has 3 rings (SSSR count). The Morgan fingerprint density at radius 1 is 1.45 bits per heavy atom. The molecular weight excluding hydrogens is 254 g/mol. The van der Waals surface area contributed by atoms with Crippen LogP contribution in [0.15, 0.2) is 30.5 Å². The van der Waals surface area contributed by atoms with Crippen LogP contribution in [0.1, 0.15) is 26.2 Å². The van der Waals surface area contributed by atoms with E-state index in [4.69, 9.17) is 0 Å². The van der Waals surface area contributed by atoms with Gasteiger partial charge in [0, 0.05) is 18.3 Å². The predicted molar refractivity (Wildman–Crippen MR) is 78.8 cm³/mol. The van der Waals surface area contributed by atoms with Crippen molar-refractivity contribution in [3.8, 4) is 0 Å². The van der Waals surface area contributed by atoms with Gasteiger partial charge in [0.15, 0.2) is 0 Å². The highest BCUT2D eigenvalue weighted by molar-refractivity contribution is 5.96. The molecular formula is C15H17N3O2. The fourth-order valence-electron chi connectivity index (χ4n) is 2.75. The number of fused-ring (bicyclic) bond motifs is 1. The average molecular weight is 271 g/mol. The van der Waals surface area contributed by atoms with Crippen LogP contribution in [0, 0.1) is 16.0 Å². The maximum Gasteiger partial charge on any atom is 0.278 e. The molecule has 0 radical (unpaired) electrons. The molecule has 104 valence electrons. The smallest absolute Gasteiger partial charge is 0.278 e. The summed E-state index contributed by atoms with van der Waals surface area (Å²) in [5.41, 5.74) is 1.69. The van der Waals surface area contributed by atoms with Crippen LogP contribution in [-0.2, 0) is 0 Å². The minimum Gasteiger partial charge on any atom is -0.380 e. The summed E-state index contributed by atoms with van der Waals surface area (Å²) in [5.74, 6) is 0.731. The Bertz CT molecular complexity index is 657. The molecule has 2 aromatic rings. The van der Waals surface area contributed by atoms with Gasteiger partial charge in [-0.05, 0) is 37.0 Å². The number of aromatic nitrogens is 1. The molecule has 20 heavy (non-hydrogen) atoms. The summed E-state index contributed by atoms with van der Waals surface area (Å²) in [4.78, 5) is 15.0. The van der Waals surface area contributed by atoms with Crippen LogP contribution in [0.5, 0.6) is 0 Å². The van der Waals surface area contributed by atoms with E-state index in [-0.39, 0.29) is 10.6 Å². The first kappa shape index (κ1) is 12.8. The molecule has 1 N–H and O–H groups in total. The van der Waals surface area contributed by atoms with E-state index in [9.17, 15) is 10.1 Å². The quantitative estimate of drug-likeness (QED) is 0.664. The van der Waals surface area contributed by atoms with Crippen LogP contribution in [0.4, 0.5) is 11.4 Å². The van der Waals surface area contributed by atoms with E-state index in [1.165, 1.54) is 19.3 Å². The molecule has 5 nitrogen and oxygen atoms in total. The van der Waals surface area contributed by atoms with E-state index < -0.39 is 0 Å². The third-order valence-corrected chi connectivity index (χ3v) is 3.87. The molecule has 1 fully saturated rings. The number of nitrogens with zero attached hydrogens (tertiary/aromatic N) is 2. The summed E-state index contributed by atoms with van der Waals surface area (Å²) in [5, 5.41) is 15.1. The number of nitrogens with one attached hydrogen (secondary N) is 1. The minimum absolute atomic E-state index is 0.111. The lowest BCUT2D eigenvalue weighted by Crippen LogP contribution is -2.06. The molecule has 1 aromatic carbocycles. The lowest BCUT2D eigenvalue weighted by Gasteiger charge is -2.09. The van der Waals surface area contributed by atoms with Crippen molar-refractivity contribution < 1.29 is 4.92 Å². The van der Waals surface area contributed by atoms with Crippen molar-refractivity contribution in [1.82, 2.24) is 4.98 Å². The van der Waals surface area contributed by atoms with Gasteiger partial charge in [-0.25, -0.2) is 0 Å². The van der Waals surface area contributed by atoms with Crippen molar-refractivity contribution in [3.05, 3.63) is 40.6 Å². The van der Waals surface area contributed by atoms with Crippen molar-refractivity contribution >= 4 is 22.3 Å². The van der Waals surface area contributed by atoms with Gasteiger partial charge in [-0.15, -0.1) is 0 Å². The normalized spacial score (nSPS) is 20.9. The maximum absolute atomic E-state index is 11.1. The zero-order valence-electron chi connectivity index (χ0n) is 11.4. The molecule has 2 atom stereocenters. The van der Waals surface area contributed by atoms with Crippen LogP contribution in [0.25, 0.3) is 10.9 Å². The number of non-ortho nitro benzene ring substituents is 1. The first-order chi connectivity index (χ1) is 9.70. The minimum atomic E-state index is -0.356. The van der Waals surface area contributed by atoms with Gasteiger partial charge in [0.2, 0.25) is 0 Å². The third kappa shape index (κ3) is 2.31. The molecule has 0 spiro atoms. The zero-order valence-corrected chi connectivity index (χ0v) is 11.4. The fourth-order valence-corrected chi connectivity index (χ4v) is 2.75. The Balaban J connectivity index is 1.93. The summed E-state index contributed by atoms with van der Waals surface area (Å²) in [6, 6.07) is 7.30. The number of anilines is 1. The Morgan fingerprint density at radius 3 is 3.05 bits per heavy atom. The summed E-state index contributed by atoms with van der Waals surface area (Å²) < 4.78 is 0. The lowest BCUT2D eigenvalue weighted by atomic mass is 10.1. The molecule has 1 saturated carbocycles. The second-order valence-corrected chi connectivity index (χ2v) is 5.32. The Morgan fingerprint density at radius 2 is 2.30 bits per heavy atom. The molecule has 0 amide bonds. The SMILES string of the molecule is CCCC1CC1Nc1ccc([N+](=O)[O-])c2cccnc12. The van der Waals surface area contributed by atoms with Crippen molar-refractivity contribution in [2.24, 2.45) is 5.92 Å². The van der Waals surface area contributed by atoms with E-state index in [0.29, 0.717) is 16.9 Å². The molecule has 0 bridgehead atoms. The van der Waals surface area contributed by atoms with E-state index in [0.717, 1.165) is 11.6 Å². The molecule has 0 saturated heterocycles. The molecule has 0 aliphatic heterocycles. The maximum atomic E-state index is 11.1. The van der Waals surface area contributed by atoms with Crippen LogP contribution in [0.3, 0.4) is 0 Å². The van der Waals surface area contributed by atoms with Crippen LogP contribution < -0.4 is 5.32 Å². The van der Waals surface area contributed by atoms with E-state index >= 15 is 0 Å². The lowest BCUT2D eigenvalue weighted by molar-refractivity contribution is -0.383. The van der Waals surface area contributed by atoms with Gasteiger partial charge in [-0.1, -0.05) is 13.3 Å². The second-order valence-electron chi connectivity index (χ2n) is 5.32. The molecule has 2 unspecified atom stereocenters. The van der Waals surface area contributed by atoms with Gasteiger partial charge in [0.1, 0.15) is 5.52 Å². The highest BCUT2D eigenvalue weighted by atomic mass is 16.6. The van der Waals surface area contributed by atoms with Crippen LogP contribution in [-0.4, -0.2) is 15.9 Å². The summed E-state index contributed by atoms with van der Waals surface area (Å²) in [6.45, 7) is 2.19. The fraction of sp³-hybridized carbons (Fsp3) is 0.400. The Kier molecular flexibility index (Phi) is 3.26. The number of pyridine rings is 1. The standard InChI is InChI=1S/C15H17N3O2/c1-2-4-10-9-13(10)17-12-6-7-14(18(19)20)11-5-3-8-16-15(11)12/h3,5-8,10,13,17H,2,4,9H2,1H3. The largest absolute Gasteiger partial charge is 0.380 e. The number of benzene rings is 1. The van der Waals surface area contributed by atoms with Gasteiger partial charge >= 0.3 is 0 Å². The van der Waals surface area contributed by atoms with Gasteiger partial charge in [-0.2, -0.15) is 0 Å². The topological polar surface area (TPSA) is 68.1 Å². The molecule has 1 aliphatic rings. The number of hydrogen-bond donors (Lipinski definition) is 1.